The van der Waals surface area contributed by atoms with Crippen molar-refractivity contribution in [1.82, 2.24) is 4.90 Å². The fourth-order valence-corrected chi connectivity index (χ4v) is 2.31. The number of aliphatic hydroxyl groups excluding tert-OH is 1. The molecule has 0 radical (unpaired) electrons. The monoisotopic (exact) mass is 255 g/mol. The molecule has 2 rings (SSSR count). The van der Waals surface area contributed by atoms with E-state index in [0.29, 0.717) is 0 Å². The second kappa shape index (κ2) is 3.71. The fourth-order valence-electron chi connectivity index (χ4n) is 2.31. The molecule has 6 heteroatoms. The molecule has 2 aliphatic heterocycles. The third-order valence-corrected chi connectivity index (χ3v) is 3.18. The summed E-state index contributed by atoms with van der Waals surface area (Å²) in [5, 5.41) is 18.7. The standard InChI is InChI=1S/C12H17NO5/c1-5(14)6-9(15)13-7(11(16)17)8(12(2,3)4)18-10(6)13/h5-6,10,14H,1-4H3,(H,16,17)/t5-,6+,10-/m1/s1. The third-order valence-electron chi connectivity index (χ3n) is 3.18. The van der Waals surface area contributed by atoms with E-state index in [-0.39, 0.29) is 11.5 Å². The summed E-state index contributed by atoms with van der Waals surface area (Å²) in [6, 6.07) is 0. The summed E-state index contributed by atoms with van der Waals surface area (Å²) in [5.41, 5.74) is -0.608. The largest absolute Gasteiger partial charge is 0.476 e. The normalized spacial score (nSPS) is 28.7. The summed E-state index contributed by atoms with van der Waals surface area (Å²) in [5.74, 6) is -1.97. The van der Waals surface area contributed by atoms with Gasteiger partial charge in [0.25, 0.3) is 0 Å². The molecule has 0 aliphatic carbocycles. The number of allylic oxidation sites excluding steroid dienone is 1. The van der Waals surface area contributed by atoms with Crippen molar-refractivity contribution in [1.29, 1.82) is 0 Å². The van der Waals surface area contributed by atoms with Crippen LogP contribution < -0.4 is 0 Å². The molecule has 0 aromatic carbocycles. The molecular formula is C12H17NO5. The molecule has 0 bridgehead atoms. The molecule has 0 unspecified atom stereocenters. The minimum atomic E-state index is -1.18. The van der Waals surface area contributed by atoms with Gasteiger partial charge < -0.3 is 14.9 Å². The van der Waals surface area contributed by atoms with Crippen LogP contribution in [-0.2, 0) is 14.3 Å². The topological polar surface area (TPSA) is 87.1 Å². The highest BCUT2D eigenvalue weighted by molar-refractivity contribution is 5.98. The van der Waals surface area contributed by atoms with Crippen LogP contribution in [0.3, 0.4) is 0 Å². The lowest BCUT2D eigenvalue weighted by atomic mass is 9.90. The Morgan fingerprint density at radius 1 is 1.44 bits per heavy atom. The van der Waals surface area contributed by atoms with Crippen molar-refractivity contribution in [3.63, 3.8) is 0 Å². The molecule has 2 N–H and O–H groups in total. The lowest BCUT2D eigenvalue weighted by molar-refractivity contribution is -0.183. The Morgan fingerprint density at radius 2 is 2.00 bits per heavy atom. The SMILES string of the molecule is C[C@@H](O)[C@H]1C(=O)N2C(C(=O)O)=C(C(C)(C)C)O[C@H]12. The van der Waals surface area contributed by atoms with E-state index in [4.69, 9.17) is 4.74 Å². The molecule has 1 fully saturated rings. The molecule has 18 heavy (non-hydrogen) atoms. The van der Waals surface area contributed by atoms with Gasteiger partial charge in [-0.15, -0.1) is 0 Å². The van der Waals surface area contributed by atoms with Gasteiger partial charge in [-0.1, -0.05) is 20.8 Å². The number of hydrogen-bond acceptors (Lipinski definition) is 4. The number of carbonyl (C=O) groups excluding carboxylic acids is 1. The van der Waals surface area contributed by atoms with Crippen LogP contribution in [0.25, 0.3) is 0 Å². The fraction of sp³-hybridized carbons (Fsp3) is 0.667. The first-order valence-electron chi connectivity index (χ1n) is 5.82. The Balaban J connectivity index is 2.39. The average Bonchev–Trinajstić information content (AvgIpc) is 2.51. The highest BCUT2D eigenvalue weighted by Gasteiger charge is 2.60. The second-order valence-corrected chi connectivity index (χ2v) is 5.72. The smallest absolute Gasteiger partial charge is 0.356 e. The van der Waals surface area contributed by atoms with Gasteiger partial charge in [0, 0.05) is 5.41 Å². The molecule has 3 atom stereocenters. The first-order chi connectivity index (χ1) is 8.16. The van der Waals surface area contributed by atoms with Gasteiger partial charge >= 0.3 is 5.97 Å². The molecule has 1 saturated heterocycles. The number of ether oxygens (including phenoxy) is 1. The van der Waals surface area contributed by atoms with E-state index in [2.05, 4.69) is 0 Å². The van der Waals surface area contributed by atoms with Gasteiger partial charge in [0.05, 0.1) is 6.10 Å². The summed E-state index contributed by atoms with van der Waals surface area (Å²) < 4.78 is 5.59. The summed E-state index contributed by atoms with van der Waals surface area (Å²) in [6.45, 7) is 6.95. The number of aliphatic carboxylic acids is 1. The highest BCUT2D eigenvalue weighted by Crippen LogP contribution is 2.46. The zero-order valence-electron chi connectivity index (χ0n) is 10.8. The van der Waals surface area contributed by atoms with Crippen LogP contribution in [-0.4, -0.2) is 39.3 Å². The van der Waals surface area contributed by atoms with Crippen LogP contribution in [0, 0.1) is 11.3 Å². The van der Waals surface area contributed by atoms with Gasteiger partial charge in [0.1, 0.15) is 11.7 Å². The summed E-state index contributed by atoms with van der Waals surface area (Å²) in [7, 11) is 0. The van der Waals surface area contributed by atoms with Gasteiger partial charge in [-0.25, -0.2) is 4.79 Å². The number of nitrogens with zero attached hydrogens (tertiary/aromatic N) is 1. The molecule has 100 valence electrons. The lowest BCUT2D eigenvalue weighted by Gasteiger charge is -2.42. The van der Waals surface area contributed by atoms with E-state index in [9.17, 15) is 19.8 Å². The number of fused-ring (bicyclic) bond motifs is 1. The molecule has 0 aromatic rings. The Kier molecular flexibility index (Phi) is 2.66. The van der Waals surface area contributed by atoms with Crippen molar-refractivity contribution < 1.29 is 24.5 Å². The molecule has 0 aromatic heterocycles. The average molecular weight is 255 g/mol. The first-order valence-corrected chi connectivity index (χ1v) is 5.82. The Morgan fingerprint density at radius 3 is 2.39 bits per heavy atom. The van der Waals surface area contributed by atoms with Crippen molar-refractivity contribution >= 4 is 11.9 Å². The number of carbonyl (C=O) groups is 2. The molecule has 6 nitrogen and oxygen atoms in total. The molecule has 2 aliphatic rings. The van der Waals surface area contributed by atoms with Crippen LogP contribution >= 0.6 is 0 Å². The minimum Gasteiger partial charge on any atom is -0.476 e. The summed E-state index contributed by atoms with van der Waals surface area (Å²) in [4.78, 5) is 24.3. The van der Waals surface area contributed by atoms with E-state index in [1.54, 1.807) is 0 Å². The van der Waals surface area contributed by atoms with Crippen LogP contribution in [0.2, 0.25) is 0 Å². The number of rotatable bonds is 2. The molecular weight excluding hydrogens is 238 g/mol. The maximum atomic E-state index is 11.9. The maximum absolute atomic E-state index is 11.9. The zero-order chi connectivity index (χ0) is 13.8. The summed E-state index contributed by atoms with van der Waals surface area (Å²) in [6.07, 6.45) is -1.54. The maximum Gasteiger partial charge on any atom is 0.356 e. The molecule has 0 spiro atoms. The predicted molar refractivity (Wildman–Crippen MR) is 61.0 cm³/mol. The molecule has 1 amide bonds. The molecule has 2 heterocycles. The number of carboxylic acid groups (broad SMARTS) is 1. The Hall–Kier alpha value is -1.56. The first kappa shape index (κ1) is 12.9. The van der Waals surface area contributed by atoms with Crippen LogP contribution in [0.15, 0.2) is 11.5 Å². The quantitative estimate of drug-likeness (QED) is 0.703. The van der Waals surface area contributed by atoms with E-state index in [1.807, 2.05) is 20.8 Å². The van der Waals surface area contributed by atoms with Crippen LogP contribution in [0.1, 0.15) is 27.7 Å². The highest BCUT2D eigenvalue weighted by atomic mass is 16.5. The van der Waals surface area contributed by atoms with E-state index in [0.717, 1.165) is 4.90 Å². The zero-order valence-corrected chi connectivity index (χ0v) is 10.8. The van der Waals surface area contributed by atoms with Crippen LogP contribution in [0.4, 0.5) is 0 Å². The predicted octanol–water partition coefficient (Wildman–Crippen LogP) is 0.524. The van der Waals surface area contributed by atoms with Gasteiger partial charge in [0.2, 0.25) is 5.91 Å². The van der Waals surface area contributed by atoms with Gasteiger partial charge in [-0.2, -0.15) is 0 Å². The van der Waals surface area contributed by atoms with Crippen LogP contribution in [0.5, 0.6) is 0 Å². The van der Waals surface area contributed by atoms with Gasteiger partial charge in [0.15, 0.2) is 11.9 Å². The van der Waals surface area contributed by atoms with Crippen molar-refractivity contribution in [2.24, 2.45) is 11.3 Å². The third kappa shape index (κ3) is 1.59. The lowest BCUT2D eigenvalue weighted by Crippen LogP contribution is -2.62. The van der Waals surface area contributed by atoms with E-state index < -0.39 is 35.5 Å². The van der Waals surface area contributed by atoms with Gasteiger partial charge in [-0.05, 0) is 6.92 Å². The number of amides is 1. The Labute approximate surface area is 105 Å². The number of aliphatic hydroxyl groups is 1. The number of β-lactam (4-membered cyclic amide) rings is 1. The molecule has 0 saturated carbocycles. The van der Waals surface area contributed by atoms with Crippen molar-refractivity contribution in [3.05, 3.63) is 11.5 Å². The number of carboxylic acids is 1. The summed E-state index contributed by atoms with van der Waals surface area (Å²) >= 11 is 0. The number of hydrogen-bond donors (Lipinski definition) is 2. The van der Waals surface area contributed by atoms with Crippen molar-refractivity contribution in [2.75, 3.05) is 0 Å². The second-order valence-electron chi connectivity index (χ2n) is 5.72. The van der Waals surface area contributed by atoms with E-state index in [1.165, 1.54) is 6.92 Å². The van der Waals surface area contributed by atoms with Crippen molar-refractivity contribution in [3.8, 4) is 0 Å². The van der Waals surface area contributed by atoms with Crippen molar-refractivity contribution in [2.45, 2.75) is 40.0 Å². The minimum absolute atomic E-state index is 0.102. The van der Waals surface area contributed by atoms with Gasteiger partial charge in [-0.3, -0.25) is 9.69 Å². The van der Waals surface area contributed by atoms with E-state index >= 15 is 0 Å². The Bertz CT molecular complexity index is 446.